The monoisotopic (exact) mass is 220 g/mol. The number of nitrogens with one attached hydrogen (secondary N) is 1. The first-order valence-electron chi connectivity index (χ1n) is 4.44. The second kappa shape index (κ2) is 3.97. The van der Waals surface area contributed by atoms with Crippen molar-refractivity contribution in [2.75, 3.05) is 0 Å². The summed E-state index contributed by atoms with van der Waals surface area (Å²) in [5.41, 5.74) is -1.02. The molecular weight excluding hydrogens is 212 g/mol. The zero-order valence-electron chi connectivity index (χ0n) is 8.12. The van der Waals surface area contributed by atoms with Crippen molar-refractivity contribution in [3.05, 3.63) is 46.7 Å². The van der Waals surface area contributed by atoms with E-state index < -0.39 is 11.5 Å². The fourth-order valence-corrected chi connectivity index (χ4v) is 1.22. The summed E-state index contributed by atoms with van der Waals surface area (Å²) in [4.78, 5) is 32.0. The van der Waals surface area contributed by atoms with Gasteiger partial charge in [-0.05, 0) is 0 Å². The van der Waals surface area contributed by atoms with E-state index in [0.717, 1.165) is 6.20 Å². The lowest BCUT2D eigenvalue weighted by atomic mass is 10.3. The van der Waals surface area contributed by atoms with Gasteiger partial charge >= 0.3 is 5.97 Å². The van der Waals surface area contributed by atoms with Crippen LogP contribution in [0.5, 0.6) is 0 Å². The third kappa shape index (κ3) is 1.97. The SMILES string of the molecule is O=C(O)c1cnc(Cn2ccnc2)[nH]c1=O. The van der Waals surface area contributed by atoms with Gasteiger partial charge in [-0.2, -0.15) is 0 Å². The van der Waals surface area contributed by atoms with Crippen molar-refractivity contribution in [3.8, 4) is 0 Å². The average Bonchev–Trinajstić information content (AvgIpc) is 2.70. The number of nitrogens with zero attached hydrogens (tertiary/aromatic N) is 3. The Morgan fingerprint density at radius 3 is 2.94 bits per heavy atom. The minimum absolute atomic E-state index is 0.342. The van der Waals surface area contributed by atoms with Gasteiger partial charge in [0, 0.05) is 18.6 Å². The van der Waals surface area contributed by atoms with E-state index in [4.69, 9.17) is 5.11 Å². The maximum Gasteiger partial charge on any atom is 0.342 e. The van der Waals surface area contributed by atoms with Crippen LogP contribution < -0.4 is 5.56 Å². The molecule has 16 heavy (non-hydrogen) atoms. The van der Waals surface area contributed by atoms with Gasteiger partial charge in [0.2, 0.25) is 0 Å². The normalized spacial score (nSPS) is 10.2. The van der Waals surface area contributed by atoms with E-state index in [0.29, 0.717) is 12.4 Å². The Hall–Kier alpha value is -2.44. The smallest absolute Gasteiger partial charge is 0.342 e. The molecule has 82 valence electrons. The van der Waals surface area contributed by atoms with Gasteiger partial charge < -0.3 is 14.7 Å². The number of hydrogen-bond acceptors (Lipinski definition) is 4. The van der Waals surface area contributed by atoms with Gasteiger partial charge in [-0.3, -0.25) is 4.79 Å². The number of carboxylic acid groups (broad SMARTS) is 1. The quantitative estimate of drug-likeness (QED) is 0.740. The van der Waals surface area contributed by atoms with Gasteiger partial charge in [-0.25, -0.2) is 14.8 Å². The molecule has 0 radical (unpaired) electrons. The molecule has 0 aliphatic carbocycles. The molecule has 0 fully saturated rings. The Kier molecular flexibility index (Phi) is 2.50. The summed E-state index contributed by atoms with van der Waals surface area (Å²) in [7, 11) is 0. The first-order valence-corrected chi connectivity index (χ1v) is 4.44. The fraction of sp³-hybridized carbons (Fsp3) is 0.111. The number of aromatic nitrogens is 4. The van der Waals surface area contributed by atoms with Crippen LogP contribution >= 0.6 is 0 Å². The van der Waals surface area contributed by atoms with E-state index in [9.17, 15) is 9.59 Å². The minimum Gasteiger partial charge on any atom is -0.477 e. The maximum atomic E-state index is 11.3. The predicted octanol–water partition coefficient (Wildman–Crippen LogP) is -0.287. The number of aromatic amines is 1. The van der Waals surface area contributed by atoms with Crippen molar-refractivity contribution in [1.29, 1.82) is 0 Å². The molecular formula is C9H8N4O3. The molecule has 2 heterocycles. The summed E-state index contributed by atoms with van der Waals surface area (Å²) in [6.07, 6.45) is 5.94. The molecule has 7 heteroatoms. The van der Waals surface area contributed by atoms with Crippen molar-refractivity contribution in [2.45, 2.75) is 6.54 Å². The molecule has 0 amide bonds. The van der Waals surface area contributed by atoms with Gasteiger partial charge in [0.1, 0.15) is 11.4 Å². The number of carboxylic acids is 1. The lowest BCUT2D eigenvalue weighted by molar-refractivity contribution is 0.0694. The zero-order valence-corrected chi connectivity index (χ0v) is 8.12. The van der Waals surface area contributed by atoms with Gasteiger partial charge in [0.15, 0.2) is 0 Å². The van der Waals surface area contributed by atoms with E-state index in [1.165, 1.54) is 0 Å². The number of hydrogen-bond donors (Lipinski definition) is 2. The van der Waals surface area contributed by atoms with Gasteiger partial charge in [0.25, 0.3) is 5.56 Å². The summed E-state index contributed by atoms with van der Waals surface area (Å²) in [6.45, 7) is 0.342. The second-order valence-electron chi connectivity index (χ2n) is 3.11. The van der Waals surface area contributed by atoms with E-state index in [-0.39, 0.29) is 5.56 Å². The first-order chi connectivity index (χ1) is 7.66. The number of aromatic carboxylic acids is 1. The molecule has 0 saturated carbocycles. The Balaban J connectivity index is 2.28. The van der Waals surface area contributed by atoms with Crippen molar-refractivity contribution in [3.63, 3.8) is 0 Å². The highest BCUT2D eigenvalue weighted by Crippen LogP contribution is 1.94. The van der Waals surface area contributed by atoms with Crippen molar-refractivity contribution >= 4 is 5.97 Å². The van der Waals surface area contributed by atoms with E-state index in [1.54, 1.807) is 23.3 Å². The van der Waals surface area contributed by atoms with Crippen molar-refractivity contribution < 1.29 is 9.90 Å². The minimum atomic E-state index is -1.29. The molecule has 0 aliphatic heterocycles. The number of carbonyl (C=O) groups is 1. The van der Waals surface area contributed by atoms with Gasteiger partial charge in [-0.15, -0.1) is 0 Å². The third-order valence-corrected chi connectivity index (χ3v) is 1.97. The topological polar surface area (TPSA) is 101 Å². The number of imidazole rings is 1. The molecule has 0 aromatic carbocycles. The number of rotatable bonds is 3. The molecule has 7 nitrogen and oxygen atoms in total. The molecule has 2 aromatic rings. The Labute approximate surface area is 89.4 Å². The highest BCUT2D eigenvalue weighted by Gasteiger charge is 2.09. The van der Waals surface area contributed by atoms with Crippen LogP contribution in [0.25, 0.3) is 0 Å². The van der Waals surface area contributed by atoms with Gasteiger partial charge in [-0.1, -0.05) is 0 Å². The molecule has 0 saturated heterocycles. The molecule has 0 spiro atoms. The van der Waals surface area contributed by atoms with Gasteiger partial charge in [0.05, 0.1) is 12.9 Å². The second-order valence-corrected chi connectivity index (χ2v) is 3.11. The van der Waals surface area contributed by atoms with Crippen LogP contribution in [0.4, 0.5) is 0 Å². The summed E-state index contributed by atoms with van der Waals surface area (Å²) in [5, 5.41) is 8.64. The van der Waals surface area contributed by atoms with E-state index >= 15 is 0 Å². The lowest BCUT2D eigenvalue weighted by Crippen LogP contribution is -2.20. The molecule has 0 unspecified atom stereocenters. The van der Waals surface area contributed by atoms with Crippen LogP contribution in [0, 0.1) is 0 Å². The van der Waals surface area contributed by atoms with Crippen LogP contribution in [0.1, 0.15) is 16.2 Å². The molecule has 0 aliphatic rings. The van der Waals surface area contributed by atoms with E-state index in [2.05, 4.69) is 15.0 Å². The Bertz CT molecular complexity index is 558. The summed E-state index contributed by atoms with van der Waals surface area (Å²) in [6, 6.07) is 0. The van der Waals surface area contributed by atoms with Crippen LogP contribution in [0.15, 0.2) is 29.7 Å². The van der Waals surface area contributed by atoms with Crippen LogP contribution in [-0.4, -0.2) is 30.6 Å². The Morgan fingerprint density at radius 2 is 2.38 bits per heavy atom. The maximum absolute atomic E-state index is 11.3. The lowest BCUT2D eigenvalue weighted by Gasteiger charge is -2.01. The van der Waals surface area contributed by atoms with Crippen molar-refractivity contribution in [1.82, 2.24) is 19.5 Å². The molecule has 2 rings (SSSR count). The highest BCUT2D eigenvalue weighted by atomic mass is 16.4. The third-order valence-electron chi connectivity index (χ3n) is 1.97. The zero-order chi connectivity index (χ0) is 11.5. The van der Waals surface area contributed by atoms with E-state index in [1.807, 2.05) is 0 Å². The molecule has 2 N–H and O–H groups in total. The van der Waals surface area contributed by atoms with Crippen LogP contribution in [0.2, 0.25) is 0 Å². The standard InChI is InChI=1S/C9H8N4O3/c14-8-6(9(15)16)3-11-7(12-8)4-13-2-1-10-5-13/h1-3,5H,4H2,(H,15,16)(H,11,12,14). The first kappa shape index (κ1) is 10.1. The average molecular weight is 220 g/mol. The highest BCUT2D eigenvalue weighted by molar-refractivity contribution is 5.86. The summed E-state index contributed by atoms with van der Waals surface area (Å²) in [5.74, 6) is -0.907. The number of H-pyrrole nitrogens is 1. The Morgan fingerprint density at radius 1 is 1.56 bits per heavy atom. The fourth-order valence-electron chi connectivity index (χ4n) is 1.22. The summed E-state index contributed by atoms with van der Waals surface area (Å²) < 4.78 is 1.71. The van der Waals surface area contributed by atoms with Crippen LogP contribution in [0.3, 0.4) is 0 Å². The molecule has 0 bridgehead atoms. The summed E-state index contributed by atoms with van der Waals surface area (Å²) >= 11 is 0. The molecule has 2 aromatic heterocycles. The van der Waals surface area contributed by atoms with Crippen LogP contribution in [-0.2, 0) is 6.54 Å². The molecule has 0 atom stereocenters. The van der Waals surface area contributed by atoms with Crippen molar-refractivity contribution in [2.24, 2.45) is 0 Å². The predicted molar refractivity (Wildman–Crippen MR) is 53.1 cm³/mol. The largest absolute Gasteiger partial charge is 0.477 e.